The van der Waals surface area contributed by atoms with Gasteiger partial charge in [-0.2, -0.15) is 4.39 Å². The second-order valence-corrected chi connectivity index (χ2v) is 11.2. The van der Waals surface area contributed by atoms with E-state index in [1.165, 1.54) is 16.9 Å². The summed E-state index contributed by atoms with van der Waals surface area (Å²) in [6, 6.07) is 7.82. The summed E-state index contributed by atoms with van der Waals surface area (Å²) in [7, 11) is 0. The van der Waals surface area contributed by atoms with Crippen LogP contribution in [0.2, 0.25) is 0 Å². The zero-order chi connectivity index (χ0) is 23.0. The van der Waals surface area contributed by atoms with E-state index in [1.54, 1.807) is 6.07 Å². The topological polar surface area (TPSA) is 37.4 Å². The van der Waals surface area contributed by atoms with E-state index in [0.29, 0.717) is 0 Å². The summed E-state index contributed by atoms with van der Waals surface area (Å²) in [6.07, 6.45) is 8.28. The summed E-state index contributed by atoms with van der Waals surface area (Å²) in [5, 5.41) is 3.56. The molecule has 1 N–H and O–H groups in total. The molecule has 4 nitrogen and oxygen atoms in total. The molecule has 6 heteroatoms. The lowest BCUT2D eigenvalue weighted by Crippen LogP contribution is -2.62. The van der Waals surface area contributed by atoms with Crippen molar-refractivity contribution in [2.45, 2.75) is 71.4 Å². The molecule has 0 aliphatic carbocycles. The molecular formula is C26H36FN3OS. The molecule has 4 heterocycles. The molecular weight excluding hydrogens is 421 g/mol. The molecule has 32 heavy (non-hydrogen) atoms. The third-order valence-electron chi connectivity index (χ3n) is 7.61. The van der Waals surface area contributed by atoms with Gasteiger partial charge < -0.3 is 10.1 Å². The Bertz CT molecular complexity index is 970. The first-order chi connectivity index (χ1) is 15.2. The van der Waals surface area contributed by atoms with Gasteiger partial charge in [0.25, 0.3) is 0 Å². The second kappa shape index (κ2) is 8.79. The van der Waals surface area contributed by atoms with Gasteiger partial charge >= 0.3 is 0 Å². The van der Waals surface area contributed by atoms with Gasteiger partial charge in [-0.05, 0) is 83.7 Å². The maximum absolute atomic E-state index is 13.6. The molecule has 0 amide bonds. The van der Waals surface area contributed by atoms with Gasteiger partial charge in [0, 0.05) is 40.3 Å². The second-order valence-electron chi connectivity index (χ2n) is 10.1. The van der Waals surface area contributed by atoms with Gasteiger partial charge in [0.1, 0.15) is 0 Å². The number of pyridine rings is 1. The summed E-state index contributed by atoms with van der Waals surface area (Å²) in [5.74, 6) is 0.899. The van der Waals surface area contributed by atoms with Crippen molar-refractivity contribution in [2.24, 2.45) is 5.41 Å². The van der Waals surface area contributed by atoms with E-state index in [4.69, 9.17) is 4.74 Å². The monoisotopic (exact) mass is 457 g/mol. The van der Waals surface area contributed by atoms with E-state index < -0.39 is 0 Å². The molecule has 0 radical (unpaired) electrons. The highest BCUT2D eigenvalue weighted by Crippen LogP contribution is 2.51. The van der Waals surface area contributed by atoms with Crippen molar-refractivity contribution in [3.63, 3.8) is 0 Å². The Morgan fingerprint density at radius 3 is 2.69 bits per heavy atom. The molecule has 0 spiro atoms. The van der Waals surface area contributed by atoms with Crippen LogP contribution in [0.25, 0.3) is 0 Å². The fourth-order valence-electron chi connectivity index (χ4n) is 5.19. The first-order valence-corrected chi connectivity index (χ1v) is 12.6. The molecule has 0 saturated carbocycles. The molecule has 0 aromatic carbocycles. The van der Waals surface area contributed by atoms with E-state index in [1.807, 2.05) is 19.2 Å². The van der Waals surface area contributed by atoms with Crippen molar-refractivity contribution in [1.29, 1.82) is 0 Å². The smallest absolute Gasteiger partial charge is 0.185 e. The average molecular weight is 458 g/mol. The van der Waals surface area contributed by atoms with Crippen LogP contribution in [0.5, 0.6) is 0 Å². The quantitative estimate of drug-likeness (QED) is 0.518. The van der Waals surface area contributed by atoms with Crippen LogP contribution in [0, 0.1) is 17.5 Å². The average Bonchev–Trinajstić information content (AvgIpc) is 3.37. The van der Waals surface area contributed by atoms with Crippen LogP contribution in [-0.4, -0.2) is 35.1 Å². The molecule has 2 aliphatic rings. The molecule has 2 aromatic heterocycles. The van der Waals surface area contributed by atoms with E-state index >= 15 is 0 Å². The summed E-state index contributed by atoms with van der Waals surface area (Å²) >= 11 is 1.27. The van der Waals surface area contributed by atoms with Crippen molar-refractivity contribution in [1.82, 2.24) is 15.2 Å². The minimum atomic E-state index is -0.137. The third-order valence-corrected chi connectivity index (χ3v) is 8.54. The number of nitrogens with one attached hydrogen (secondary N) is 1. The van der Waals surface area contributed by atoms with E-state index in [9.17, 15) is 4.39 Å². The normalized spacial score (nSPS) is 25.9. The summed E-state index contributed by atoms with van der Waals surface area (Å²) in [6.45, 7) is 13.8. The molecule has 2 aliphatic heterocycles. The molecule has 4 rings (SSSR count). The number of halogens is 1. The lowest BCUT2D eigenvalue weighted by molar-refractivity contribution is 0.0488. The fraction of sp³-hybridized carbons (Fsp3) is 0.577. The highest BCUT2D eigenvalue weighted by Gasteiger charge is 2.56. The van der Waals surface area contributed by atoms with Gasteiger partial charge in [0.05, 0.1) is 12.1 Å². The van der Waals surface area contributed by atoms with Crippen LogP contribution in [0.1, 0.15) is 63.1 Å². The largest absolute Gasteiger partial charge is 0.479 e. The third kappa shape index (κ3) is 4.32. The molecule has 174 valence electrons. The Balaban J connectivity index is 1.57. The predicted octanol–water partition coefficient (Wildman–Crippen LogP) is 5.78. The molecule has 1 fully saturated rings. The minimum Gasteiger partial charge on any atom is -0.479 e. The first-order valence-electron chi connectivity index (χ1n) is 11.7. The fourth-order valence-corrected chi connectivity index (χ4v) is 5.91. The maximum atomic E-state index is 13.6. The van der Waals surface area contributed by atoms with Gasteiger partial charge in [0.15, 0.2) is 11.0 Å². The molecule has 2 unspecified atom stereocenters. The number of likely N-dealkylation sites (tertiary alicyclic amines) is 1. The zero-order valence-corrected chi connectivity index (χ0v) is 20.8. The SMILES string of the molecule is CCCOC1=CC(C)(C2(CCc3ccc(F)s3)CCN(C(C)(C)c3ccc(C)nc3)C2)N1. The van der Waals surface area contributed by atoms with Crippen LogP contribution in [0.15, 0.2) is 42.4 Å². The summed E-state index contributed by atoms with van der Waals surface area (Å²) in [4.78, 5) is 8.27. The number of thiophene rings is 1. The Kier molecular flexibility index (Phi) is 6.38. The first kappa shape index (κ1) is 23.2. The Morgan fingerprint density at radius 1 is 1.28 bits per heavy atom. The standard InChI is InChI=1S/C26H36FN3OS/c1-6-15-31-23-16-25(5,29-23)26(12-11-21-9-10-22(27)32-21)13-14-30(18-26)24(3,4)20-8-7-19(2)28-17-20/h7-10,16-17,29H,6,11-15,18H2,1-5H3. The van der Waals surface area contributed by atoms with Gasteiger partial charge in [0.2, 0.25) is 0 Å². The predicted molar refractivity (Wildman–Crippen MR) is 129 cm³/mol. The zero-order valence-electron chi connectivity index (χ0n) is 20.0. The lowest BCUT2D eigenvalue weighted by Gasteiger charge is -2.52. The highest BCUT2D eigenvalue weighted by molar-refractivity contribution is 7.10. The van der Waals surface area contributed by atoms with Crippen LogP contribution in [0.4, 0.5) is 4.39 Å². The van der Waals surface area contributed by atoms with Gasteiger partial charge in [-0.25, -0.2) is 0 Å². The van der Waals surface area contributed by atoms with Crippen LogP contribution in [0.3, 0.4) is 0 Å². The number of hydrogen-bond donors (Lipinski definition) is 1. The van der Waals surface area contributed by atoms with Gasteiger partial charge in [-0.3, -0.25) is 9.88 Å². The number of ether oxygens (including phenoxy) is 1. The van der Waals surface area contributed by atoms with Crippen molar-refractivity contribution >= 4 is 11.3 Å². The summed E-state index contributed by atoms with van der Waals surface area (Å²) in [5.41, 5.74) is 2.08. The maximum Gasteiger partial charge on any atom is 0.185 e. The number of aromatic nitrogens is 1. The van der Waals surface area contributed by atoms with Crippen molar-refractivity contribution in [2.75, 3.05) is 19.7 Å². The molecule has 2 atom stereocenters. The van der Waals surface area contributed by atoms with Crippen LogP contribution >= 0.6 is 11.3 Å². The summed E-state index contributed by atoms with van der Waals surface area (Å²) < 4.78 is 19.5. The van der Waals surface area contributed by atoms with Crippen LogP contribution in [-0.2, 0) is 16.7 Å². The van der Waals surface area contributed by atoms with E-state index in [-0.39, 0.29) is 21.6 Å². The van der Waals surface area contributed by atoms with Crippen LogP contribution < -0.4 is 5.32 Å². The van der Waals surface area contributed by atoms with Crippen molar-refractivity contribution in [3.8, 4) is 0 Å². The number of rotatable bonds is 9. The Hall–Kier alpha value is -1.92. The van der Waals surface area contributed by atoms with Gasteiger partial charge in [-0.15, -0.1) is 11.3 Å². The van der Waals surface area contributed by atoms with Gasteiger partial charge in [-0.1, -0.05) is 13.0 Å². The number of aryl methyl sites for hydroxylation is 2. The molecule has 1 saturated heterocycles. The Morgan fingerprint density at radius 2 is 2.06 bits per heavy atom. The number of hydrogen-bond acceptors (Lipinski definition) is 5. The molecule has 2 aromatic rings. The molecule has 0 bridgehead atoms. The van der Waals surface area contributed by atoms with E-state index in [2.05, 4.69) is 61.1 Å². The number of nitrogens with zero attached hydrogens (tertiary/aromatic N) is 2. The van der Waals surface area contributed by atoms with Crippen molar-refractivity contribution < 1.29 is 9.13 Å². The van der Waals surface area contributed by atoms with Crippen molar-refractivity contribution in [3.05, 3.63) is 63.7 Å². The lowest BCUT2D eigenvalue weighted by atomic mass is 9.64. The minimum absolute atomic E-state index is 0.0436. The Labute approximate surface area is 195 Å². The highest BCUT2D eigenvalue weighted by atomic mass is 32.1. The van der Waals surface area contributed by atoms with E-state index in [0.717, 1.165) is 61.8 Å².